The number of alkyl halides is 1. The molecule has 0 heterocycles. The molecule has 0 amide bonds. The topological polar surface area (TPSA) is 64.3 Å². The molecule has 0 aromatic rings. The number of Topliss-reactive ketones (excluding diaryl/α,β-unsaturated/α-hetero) is 1. The van der Waals surface area contributed by atoms with Gasteiger partial charge in [0.15, 0.2) is 0 Å². The number of carbonyl (C=O) groups excluding carboxylic acids is 1. The highest BCUT2D eigenvalue weighted by atomic mass is 127. The van der Waals surface area contributed by atoms with Crippen molar-refractivity contribution in [2.24, 2.45) is 11.8 Å². The van der Waals surface area contributed by atoms with E-state index in [1.165, 1.54) is 20.4 Å². The second kappa shape index (κ2) is 26.1. The standard InChI is InChI=1S/C6H15N.C4H7N.C3H6O.C2H5IOS.CH4/c1-6(2)5-7(3)4;1-4(2)3-5;1-3(2)4;1-2(3)5-4;/h6H,5H2,1-4H3;4H,1-2H3;1-2H3;2,4H,1H3;1H4/i/hT. The monoisotopic (exact) mass is 450 g/mol. The van der Waals surface area contributed by atoms with E-state index in [9.17, 15) is 4.79 Å². The molecular weight excluding hydrogens is 411 g/mol. The molecule has 0 aliphatic carbocycles. The number of ketones is 1. The first kappa shape index (κ1) is 30.1. The van der Waals surface area contributed by atoms with Crippen LogP contribution in [-0.2, 0) is 4.79 Å². The molecule has 0 bridgehead atoms. The molecule has 22 heavy (non-hydrogen) atoms. The maximum Gasteiger partial charge on any atom is 0.229 e. The largest absolute Gasteiger partial charge is 0.329 e. The summed E-state index contributed by atoms with van der Waals surface area (Å²) in [6.07, 6.45) is 0. The van der Waals surface area contributed by atoms with Crippen molar-refractivity contribution >= 4 is 40.4 Å². The molecule has 0 aliphatic heterocycles. The molecule has 0 aliphatic rings. The van der Waals surface area contributed by atoms with E-state index in [2.05, 4.69) is 60.0 Å². The van der Waals surface area contributed by atoms with E-state index in [-0.39, 0.29) is 19.1 Å². The summed E-state index contributed by atoms with van der Waals surface area (Å²) >= 11 is 3.30. The van der Waals surface area contributed by atoms with Gasteiger partial charge < -0.3 is 14.2 Å². The van der Waals surface area contributed by atoms with Crippen molar-refractivity contribution in [3.8, 4) is 6.07 Å². The first-order valence-electron chi connectivity index (χ1n) is 7.25. The number of carbonyl (C=O) groups is 1. The van der Waals surface area contributed by atoms with E-state index in [1.54, 1.807) is 0 Å². The molecule has 0 radical (unpaired) electrons. The molecule has 0 saturated heterocycles. The minimum atomic E-state index is 0. The summed E-state index contributed by atoms with van der Waals surface area (Å²) in [6, 6.07) is 2.03. The van der Waals surface area contributed by atoms with Gasteiger partial charge in [-0.1, -0.05) is 43.9 Å². The number of halogens is 1. The van der Waals surface area contributed by atoms with Gasteiger partial charge >= 0.3 is 0 Å². The zero-order chi connectivity index (χ0) is 18.7. The minimum Gasteiger partial charge on any atom is -0.329 e. The van der Waals surface area contributed by atoms with Gasteiger partial charge in [0.25, 0.3) is 0 Å². The van der Waals surface area contributed by atoms with Gasteiger partial charge in [0.1, 0.15) is 5.78 Å². The number of nitrogens with zero attached hydrogens (tertiary/aromatic N) is 2. The highest BCUT2D eigenvalue weighted by Crippen LogP contribution is 2.10. The van der Waals surface area contributed by atoms with Crippen LogP contribution in [0.1, 0.15) is 55.9 Å². The summed E-state index contributed by atoms with van der Waals surface area (Å²) in [5.74, 6) is 1.16. The minimum absolute atomic E-state index is 0. The molecule has 0 saturated carbocycles. The quantitative estimate of drug-likeness (QED) is 0.344. The molecular formula is C16H37IN2O2S. The van der Waals surface area contributed by atoms with Gasteiger partial charge in [-0.05, 0) is 61.2 Å². The molecule has 0 fully saturated rings. The lowest BCUT2D eigenvalue weighted by atomic mass is 10.2. The van der Waals surface area contributed by atoms with Gasteiger partial charge in [-0.3, -0.25) is 0 Å². The Morgan fingerprint density at radius 2 is 1.64 bits per heavy atom. The van der Waals surface area contributed by atoms with Crippen molar-refractivity contribution < 1.29 is 9.35 Å². The van der Waals surface area contributed by atoms with E-state index in [0.717, 1.165) is 18.0 Å². The lowest BCUT2D eigenvalue weighted by molar-refractivity contribution is -0.114. The predicted octanol–water partition coefficient (Wildman–Crippen LogP) is 5.57. The average Bonchev–Trinajstić information content (AvgIpc) is 2.27. The van der Waals surface area contributed by atoms with Crippen LogP contribution >= 0.6 is 34.6 Å². The number of nitriles is 1. The van der Waals surface area contributed by atoms with E-state index in [1.807, 2.05) is 26.8 Å². The lowest BCUT2D eigenvalue weighted by Gasteiger charge is -2.10. The summed E-state index contributed by atoms with van der Waals surface area (Å²) in [7, 11) is 4.19. The van der Waals surface area contributed by atoms with Gasteiger partial charge in [-0.15, -0.1) is 0 Å². The smallest absolute Gasteiger partial charge is 0.229 e. The number of rotatable bonds is 4. The van der Waals surface area contributed by atoms with Gasteiger partial charge in [0.2, 0.25) is 1.43 Å². The molecule has 0 rings (SSSR count). The van der Waals surface area contributed by atoms with Crippen LogP contribution in [0.3, 0.4) is 0 Å². The molecule has 0 spiro atoms. The molecule has 1 atom stereocenters. The Bertz CT molecular complexity index is 261. The molecule has 1 unspecified atom stereocenters. The van der Waals surface area contributed by atoms with Gasteiger partial charge in [-0.2, -0.15) is 5.26 Å². The van der Waals surface area contributed by atoms with Gasteiger partial charge in [0.05, 0.1) is 9.33 Å². The molecule has 4 nitrogen and oxygen atoms in total. The van der Waals surface area contributed by atoms with Crippen LogP contribution in [-0.4, -0.2) is 39.1 Å². The lowest BCUT2D eigenvalue weighted by Crippen LogP contribution is -2.17. The summed E-state index contributed by atoms with van der Waals surface area (Å²) in [6.45, 7) is 14.4. The molecule has 136 valence electrons. The third-order valence-corrected chi connectivity index (χ3v) is 2.01. The van der Waals surface area contributed by atoms with E-state index in [4.69, 9.17) is 6.69 Å². The Balaban J connectivity index is -0.0000000630. The van der Waals surface area contributed by atoms with Crippen molar-refractivity contribution in [3.63, 3.8) is 0 Å². The van der Waals surface area contributed by atoms with Crippen LogP contribution in [0, 0.1) is 23.2 Å². The normalized spacial score (nSPS) is 10.5. The fourth-order valence-electron chi connectivity index (χ4n) is 0.730. The zero-order valence-corrected chi connectivity index (χ0v) is 17.9. The van der Waals surface area contributed by atoms with Crippen LogP contribution in [0.5, 0.6) is 0 Å². The van der Waals surface area contributed by atoms with Crippen LogP contribution in [0.2, 0.25) is 0 Å². The fraction of sp³-hybridized carbons (Fsp3) is 0.875. The Hall–Kier alpha value is 0.160. The maximum absolute atomic E-state index is 9.44. The second-order valence-electron chi connectivity index (χ2n) is 5.49. The van der Waals surface area contributed by atoms with Crippen molar-refractivity contribution in [2.45, 2.75) is 59.1 Å². The number of hydrogen-bond acceptors (Lipinski definition) is 5. The van der Waals surface area contributed by atoms with Crippen molar-refractivity contribution in [3.05, 3.63) is 0 Å². The van der Waals surface area contributed by atoms with Crippen molar-refractivity contribution in [2.75, 3.05) is 20.6 Å². The molecule has 1 N–H and O–H groups in total. The summed E-state index contributed by atoms with van der Waals surface area (Å²) in [5.41, 5.74) is 0. The molecule has 0 aromatic carbocycles. The van der Waals surface area contributed by atoms with Crippen molar-refractivity contribution in [1.82, 2.24) is 4.90 Å². The van der Waals surface area contributed by atoms with E-state index >= 15 is 0 Å². The van der Waals surface area contributed by atoms with E-state index in [0.29, 0.717) is 3.26 Å². The third kappa shape index (κ3) is 111. The predicted molar refractivity (Wildman–Crippen MR) is 111 cm³/mol. The SMILES string of the molecule is C.CC(C)=O.CC(C)C#N.CC(C)CN(C)C.[3H]OSC(C)I. The van der Waals surface area contributed by atoms with Crippen LogP contribution in [0.25, 0.3) is 1.43 Å². The van der Waals surface area contributed by atoms with Gasteiger partial charge in [-0.25, -0.2) is 0 Å². The molecule has 0 aromatic heterocycles. The van der Waals surface area contributed by atoms with Crippen LogP contribution in [0.15, 0.2) is 0 Å². The average molecular weight is 450 g/mol. The third-order valence-electron chi connectivity index (χ3n) is 1.12. The first-order valence-corrected chi connectivity index (χ1v) is 8.89. The zero-order valence-electron chi connectivity index (χ0n) is 15.9. The number of hydrogen-bond donors (Lipinski definition) is 1. The Morgan fingerprint density at radius 1 is 1.32 bits per heavy atom. The highest BCUT2D eigenvalue weighted by molar-refractivity contribution is 14.1. The van der Waals surface area contributed by atoms with Crippen LogP contribution in [0.4, 0.5) is 0 Å². The first-order chi connectivity index (χ1) is 9.90. The van der Waals surface area contributed by atoms with E-state index < -0.39 is 0 Å². The Morgan fingerprint density at radius 3 is 1.64 bits per heavy atom. The maximum atomic E-state index is 9.44. The van der Waals surface area contributed by atoms with Gasteiger partial charge in [0, 0.05) is 18.0 Å². The summed E-state index contributed by atoms with van der Waals surface area (Å²) < 4.78 is 10.5. The Labute approximate surface area is 158 Å². The molecule has 6 heteroatoms. The fourth-order valence-corrected chi connectivity index (χ4v) is 0.730. The Kier molecular flexibility index (Phi) is 35.7. The van der Waals surface area contributed by atoms with Crippen molar-refractivity contribution in [1.29, 1.82) is 6.69 Å². The summed E-state index contributed by atoms with van der Waals surface area (Å²) in [4.78, 5) is 11.6. The van der Waals surface area contributed by atoms with Crippen LogP contribution < -0.4 is 0 Å². The summed E-state index contributed by atoms with van der Waals surface area (Å²) in [5, 5.41) is 7.89. The second-order valence-corrected chi connectivity index (χ2v) is 9.10. The highest BCUT2D eigenvalue weighted by Gasteiger charge is 1.92.